The Morgan fingerprint density at radius 1 is 1.32 bits per heavy atom. The van der Waals surface area contributed by atoms with Gasteiger partial charge in [0.15, 0.2) is 17.5 Å². The van der Waals surface area contributed by atoms with Gasteiger partial charge in [0.2, 0.25) is 0 Å². The summed E-state index contributed by atoms with van der Waals surface area (Å²) in [6, 6.07) is 8.26. The van der Waals surface area contributed by atoms with E-state index in [2.05, 4.69) is 22.5 Å². The zero-order valence-corrected chi connectivity index (χ0v) is 15.8. The maximum atomic E-state index is 5.90. The number of para-hydroxylation sites is 2. The van der Waals surface area contributed by atoms with Crippen molar-refractivity contribution in [2.75, 3.05) is 20.2 Å². The summed E-state index contributed by atoms with van der Waals surface area (Å²) in [5.74, 6) is 2.37. The molecule has 1 atom stereocenters. The molecule has 1 aromatic carbocycles. The fourth-order valence-electron chi connectivity index (χ4n) is 1.93. The minimum atomic E-state index is -0.0176. The Kier molecular flexibility index (Phi) is 8.37. The molecule has 1 aliphatic rings. The molecule has 5 nitrogen and oxygen atoms in total. The molecule has 0 radical (unpaired) electrons. The topological polar surface area (TPSA) is 54.9 Å². The highest BCUT2D eigenvalue weighted by molar-refractivity contribution is 14.0. The van der Waals surface area contributed by atoms with Gasteiger partial charge in [-0.1, -0.05) is 12.1 Å². The first kappa shape index (κ1) is 18.9. The first-order chi connectivity index (χ1) is 10.2. The maximum absolute atomic E-state index is 5.90. The monoisotopic (exact) mass is 419 g/mol. The predicted molar refractivity (Wildman–Crippen MR) is 101 cm³/mol. The zero-order chi connectivity index (χ0) is 15.1. The van der Waals surface area contributed by atoms with E-state index in [1.165, 1.54) is 12.8 Å². The standard InChI is InChI=1S/C16H25N3O2.HI/c1-4-17-16(19-13-9-10-13)18-11-12(2)21-15-8-6-5-7-14(15)20-3;/h5-8,12-13H,4,9-11H2,1-3H3,(H2,17,18,19);1H. The molecule has 0 bridgehead atoms. The fourth-order valence-corrected chi connectivity index (χ4v) is 1.93. The number of hydrogen-bond acceptors (Lipinski definition) is 3. The summed E-state index contributed by atoms with van der Waals surface area (Å²) in [6.45, 7) is 5.54. The average Bonchev–Trinajstić information content (AvgIpc) is 3.29. The van der Waals surface area contributed by atoms with Gasteiger partial charge in [-0.3, -0.25) is 0 Å². The summed E-state index contributed by atoms with van der Waals surface area (Å²) in [6.07, 6.45) is 2.45. The Balaban J connectivity index is 0.00000242. The molecule has 1 saturated carbocycles. The van der Waals surface area contributed by atoms with Crippen molar-refractivity contribution in [3.63, 3.8) is 0 Å². The number of nitrogens with one attached hydrogen (secondary N) is 2. The van der Waals surface area contributed by atoms with E-state index in [9.17, 15) is 0 Å². The van der Waals surface area contributed by atoms with Crippen LogP contribution >= 0.6 is 24.0 Å². The van der Waals surface area contributed by atoms with Crippen molar-refractivity contribution in [1.29, 1.82) is 0 Å². The van der Waals surface area contributed by atoms with Crippen LogP contribution < -0.4 is 20.1 Å². The summed E-state index contributed by atoms with van der Waals surface area (Å²) in [7, 11) is 1.65. The molecule has 0 amide bonds. The second-order valence-electron chi connectivity index (χ2n) is 5.22. The molecule has 22 heavy (non-hydrogen) atoms. The van der Waals surface area contributed by atoms with Crippen LogP contribution in [0.4, 0.5) is 0 Å². The highest BCUT2D eigenvalue weighted by Gasteiger charge is 2.22. The van der Waals surface area contributed by atoms with Crippen molar-refractivity contribution in [2.45, 2.75) is 38.8 Å². The van der Waals surface area contributed by atoms with Crippen molar-refractivity contribution >= 4 is 29.9 Å². The molecule has 0 heterocycles. The van der Waals surface area contributed by atoms with E-state index in [0.717, 1.165) is 24.0 Å². The summed E-state index contributed by atoms with van der Waals surface area (Å²) in [4.78, 5) is 4.57. The Hall–Kier alpha value is -1.18. The molecule has 0 saturated heterocycles. The first-order valence-electron chi connectivity index (χ1n) is 7.57. The van der Waals surface area contributed by atoms with Gasteiger partial charge >= 0.3 is 0 Å². The maximum Gasteiger partial charge on any atom is 0.191 e. The lowest BCUT2D eigenvalue weighted by Gasteiger charge is -2.16. The van der Waals surface area contributed by atoms with Crippen molar-refractivity contribution < 1.29 is 9.47 Å². The van der Waals surface area contributed by atoms with Gasteiger partial charge in [0, 0.05) is 12.6 Å². The van der Waals surface area contributed by atoms with Crippen LogP contribution in [0.5, 0.6) is 11.5 Å². The Bertz CT molecular complexity index is 478. The number of ether oxygens (including phenoxy) is 2. The lowest BCUT2D eigenvalue weighted by atomic mass is 10.3. The molecule has 0 spiro atoms. The van der Waals surface area contributed by atoms with Crippen molar-refractivity contribution in [3.05, 3.63) is 24.3 Å². The van der Waals surface area contributed by atoms with Gasteiger partial charge in [-0.2, -0.15) is 0 Å². The van der Waals surface area contributed by atoms with Crippen LogP contribution in [-0.2, 0) is 0 Å². The van der Waals surface area contributed by atoms with E-state index in [1.807, 2.05) is 31.2 Å². The zero-order valence-electron chi connectivity index (χ0n) is 13.5. The van der Waals surface area contributed by atoms with E-state index >= 15 is 0 Å². The number of benzene rings is 1. The molecule has 124 valence electrons. The molecular weight excluding hydrogens is 393 g/mol. The molecule has 2 N–H and O–H groups in total. The highest BCUT2D eigenvalue weighted by Crippen LogP contribution is 2.26. The molecule has 1 aromatic rings. The Morgan fingerprint density at radius 3 is 2.59 bits per heavy atom. The van der Waals surface area contributed by atoms with E-state index in [0.29, 0.717) is 12.6 Å². The van der Waals surface area contributed by atoms with Crippen LogP contribution in [0.1, 0.15) is 26.7 Å². The minimum Gasteiger partial charge on any atom is -0.493 e. The highest BCUT2D eigenvalue weighted by atomic mass is 127. The molecule has 1 unspecified atom stereocenters. The first-order valence-corrected chi connectivity index (χ1v) is 7.57. The van der Waals surface area contributed by atoms with Crippen molar-refractivity contribution in [3.8, 4) is 11.5 Å². The van der Waals surface area contributed by atoms with Gasteiger partial charge in [0.05, 0.1) is 13.7 Å². The number of methoxy groups -OCH3 is 1. The minimum absolute atomic E-state index is 0. The smallest absolute Gasteiger partial charge is 0.191 e. The Labute approximate surface area is 149 Å². The normalized spacial score (nSPS) is 15.5. The second kappa shape index (κ2) is 9.76. The lowest BCUT2D eigenvalue weighted by molar-refractivity contribution is 0.219. The third kappa shape index (κ3) is 6.29. The SMILES string of the molecule is CCNC(=NCC(C)Oc1ccccc1OC)NC1CC1.I. The molecule has 0 aromatic heterocycles. The van der Waals surface area contributed by atoms with Crippen LogP contribution in [0.2, 0.25) is 0 Å². The quantitative estimate of drug-likeness (QED) is 0.406. The summed E-state index contributed by atoms with van der Waals surface area (Å²) < 4.78 is 11.2. The van der Waals surface area contributed by atoms with Crippen LogP contribution in [-0.4, -0.2) is 38.3 Å². The molecule has 6 heteroatoms. The largest absolute Gasteiger partial charge is 0.493 e. The van der Waals surface area contributed by atoms with Gasteiger partial charge in [-0.25, -0.2) is 4.99 Å². The van der Waals surface area contributed by atoms with Gasteiger partial charge in [-0.15, -0.1) is 24.0 Å². The van der Waals surface area contributed by atoms with Gasteiger partial charge in [-0.05, 0) is 38.8 Å². The van der Waals surface area contributed by atoms with E-state index in [1.54, 1.807) is 7.11 Å². The third-order valence-electron chi connectivity index (χ3n) is 3.17. The number of rotatable bonds is 7. The molecule has 0 aliphatic heterocycles. The number of nitrogens with zero attached hydrogens (tertiary/aromatic N) is 1. The molecule has 2 rings (SSSR count). The fraction of sp³-hybridized carbons (Fsp3) is 0.562. The number of halogens is 1. The van der Waals surface area contributed by atoms with E-state index in [-0.39, 0.29) is 30.1 Å². The molecule has 1 aliphatic carbocycles. The van der Waals surface area contributed by atoms with Gasteiger partial charge in [0.1, 0.15) is 6.10 Å². The lowest BCUT2D eigenvalue weighted by Crippen LogP contribution is -2.39. The second-order valence-corrected chi connectivity index (χ2v) is 5.22. The molecule has 1 fully saturated rings. The van der Waals surface area contributed by atoms with Gasteiger partial charge < -0.3 is 20.1 Å². The summed E-state index contributed by atoms with van der Waals surface area (Å²) in [5, 5.41) is 6.65. The number of aliphatic imine (C=N–C) groups is 1. The van der Waals surface area contributed by atoms with Gasteiger partial charge in [0.25, 0.3) is 0 Å². The van der Waals surface area contributed by atoms with Crippen LogP contribution in [0.15, 0.2) is 29.3 Å². The van der Waals surface area contributed by atoms with Crippen molar-refractivity contribution in [1.82, 2.24) is 10.6 Å². The number of hydrogen-bond donors (Lipinski definition) is 2. The van der Waals surface area contributed by atoms with Crippen LogP contribution in [0.3, 0.4) is 0 Å². The predicted octanol–water partition coefficient (Wildman–Crippen LogP) is 2.80. The third-order valence-corrected chi connectivity index (χ3v) is 3.17. The van der Waals surface area contributed by atoms with Crippen LogP contribution in [0.25, 0.3) is 0 Å². The van der Waals surface area contributed by atoms with Crippen LogP contribution in [0, 0.1) is 0 Å². The summed E-state index contributed by atoms with van der Waals surface area (Å²) >= 11 is 0. The van der Waals surface area contributed by atoms with E-state index < -0.39 is 0 Å². The molecular formula is C16H26IN3O2. The average molecular weight is 419 g/mol. The summed E-state index contributed by atoms with van der Waals surface area (Å²) in [5.41, 5.74) is 0. The number of guanidine groups is 1. The van der Waals surface area contributed by atoms with Crippen molar-refractivity contribution in [2.24, 2.45) is 4.99 Å². The van der Waals surface area contributed by atoms with E-state index in [4.69, 9.17) is 9.47 Å². The Morgan fingerprint density at radius 2 is 2.00 bits per heavy atom.